The number of Topliss-reactive ketones (excluding diaryl/α,β-unsaturated/α-hetero) is 1. The molecule has 1 N–H and O–H groups in total. The molecule has 3 rings (SSSR count). The molecular formula is C16H15N3OS. The molecule has 0 fully saturated rings. The van der Waals surface area contributed by atoms with Crippen molar-refractivity contribution in [3.05, 3.63) is 72.3 Å². The molecule has 0 atom stereocenters. The molecule has 0 bridgehead atoms. The van der Waals surface area contributed by atoms with Crippen LogP contribution in [0.5, 0.6) is 0 Å². The first-order valence-electron chi connectivity index (χ1n) is 6.67. The fourth-order valence-electron chi connectivity index (χ4n) is 2.05. The second-order valence-corrected chi connectivity index (χ2v) is 5.56. The zero-order valence-electron chi connectivity index (χ0n) is 11.4. The molecule has 0 aliphatic heterocycles. The molecule has 0 radical (unpaired) electrons. The SMILES string of the molecule is O=C(CSc1nccn1Cc1ccccc1)c1ccc[nH]1. The predicted molar refractivity (Wildman–Crippen MR) is 83.6 cm³/mol. The van der Waals surface area contributed by atoms with Crippen molar-refractivity contribution in [2.24, 2.45) is 0 Å². The number of ketones is 1. The van der Waals surface area contributed by atoms with E-state index in [2.05, 4.69) is 26.7 Å². The van der Waals surface area contributed by atoms with Crippen LogP contribution in [-0.2, 0) is 6.54 Å². The van der Waals surface area contributed by atoms with Gasteiger partial charge in [0.1, 0.15) is 0 Å². The Hall–Kier alpha value is -2.27. The van der Waals surface area contributed by atoms with Crippen molar-refractivity contribution in [1.82, 2.24) is 14.5 Å². The van der Waals surface area contributed by atoms with E-state index in [9.17, 15) is 4.79 Å². The molecule has 0 saturated heterocycles. The van der Waals surface area contributed by atoms with Gasteiger partial charge in [-0.15, -0.1) is 0 Å². The van der Waals surface area contributed by atoms with Crippen LogP contribution in [0.1, 0.15) is 16.1 Å². The van der Waals surface area contributed by atoms with Crippen LogP contribution in [0.4, 0.5) is 0 Å². The average molecular weight is 297 g/mol. The molecule has 0 amide bonds. The predicted octanol–water partition coefficient (Wildman–Crippen LogP) is 3.23. The lowest BCUT2D eigenvalue weighted by molar-refractivity contribution is 0.101. The lowest BCUT2D eigenvalue weighted by atomic mass is 10.2. The Morgan fingerprint density at radius 2 is 2.05 bits per heavy atom. The highest BCUT2D eigenvalue weighted by Gasteiger charge is 2.10. The third-order valence-electron chi connectivity index (χ3n) is 3.10. The van der Waals surface area contributed by atoms with E-state index >= 15 is 0 Å². The van der Waals surface area contributed by atoms with Crippen molar-refractivity contribution < 1.29 is 4.79 Å². The van der Waals surface area contributed by atoms with Gasteiger partial charge in [-0.05, 0) is 17.7 Å². The highest BCUT2D eigenvalue weighted by molar-refractivity contribution is 7.99. The lowest BCUT2D eigenvalue weighted by Gasteiger charge is -2.07. The molecule has 3 aromatic rings. The quantitative estimate of drug-likeness (QED) is 0.561. The number of thioether (sulfide) groups is 1. The largest absolute Gasteiger partial charge is 0.359 e. The number of benzene rings is 1. The first kappa shape index (κ1) is 13.7. The van der Waals surface area contributed by atoms with Gasteiger partial charge in [0.2, 0.25) is 0 Å². The van der Waals surface area contributed by atoms with Gasteiger partial charge in [0.05, 0.1) is 11.4 Å². The summed E-state index contributed by atoms with van der Waals surface area (Å²) in [5, 5.41) is 0.860. The number of carbonyl (C=O) groups is 1. The smallest absolute Gasteiger partial charge is 0.189 e. The van der Waals surface area contributed by atoms with E-state index in [0.717, 1.165) is 11.7 Å². The molecule has 2 aromatic heterocycles. The second kappa shape index (κ2) is 6.45. The number of aromatic nitrogens is 3. The number of nitrogens with zero attached hydrogens (tertiary/aromatic N) is 2. The third kappa shape index (κ3) is 3.44. The van der Waals surface area contributed by atoms with Crippen molar-refractivity contribution >= 4 is 17.5 Å². The summed E-state index contributed by atoms with van der Waals surface area (Å²) >= 11 is 1.46. The minimum Gasteiger partial charge on any atom is -0.359 e. The van der Waals surface area contributed by atoms with Crippen LogP contribution in [0.15, 0.2) is 66.2 Å². The maximum atomic E-state index is 12.0. The topological polar surface area (TPSA) is 50.7 Å². The second-order valence-electron chi connectivity index (χ2n) is 4.62. The van der Waals surface area contributed by atoms with Crippen molar-refractivity contribution in [1.29, 1.82) is 0 Å². The molecular weight excluding hydrogens is 282 g/mol. The Morgan fingerprint density at radius 1 is 1.19 bits per heavy atom. The van der Waals surface area contributed by atoms with E-state index in [1.165, 1.54) is 17.3 Å². The maximum Gasteiger partial charge on any atom is 0.189 e. The molecule has 4 nitrogen and oxygen atoms in total. The number of carbonyl (C=O) groups excluding carboxylic acids is 1. The summed E-state index contributed by atoms with van der Waals surface area (Å²) in [5.41, 5.74) is 1.86. The molecule has 1 aromatic carbocycles. The van der Waals surface area contributed by atoms with Crippen LogP contribution in [0, 0.1) is 0 Å². The zero-order chi connectivity index (χ0) is 14.5. The molecule has 0 spiro atoms. The molecule has 21 heavy (non-hydrogen) atoms. The van der Waals surface area contributed by atoms with Gasteiger partial charge < -0.3 is 9.55 Å². The van der Waals surface area contributed by atoms with Crippen molar-refractivity contribution in [2.45, 2.75) is 11.7 Å². The Balaban J connectivity index is 1.64. The Morgan fingerprint density at radius 3 is 2.81 bits per heavy atom. The van der Waals surface area contributed by atoms with E-state index in [-0.39, 0.29) is 5.78 Å². The fourth-order valence-corrected chi connectivity index (χ4v) is 2.89. The van der Waals surface area contributed by atoms with Gasteiger partial charge in [0, 0.05) is 25.1 Å². The number of rotatable bonds is 6. The number of aromatic amines is 1. The normalized spacial score (nSPS) is 10.7. The molecule has 0 unspecified atom stereocenters. The summed E-state index contributed by atoms with van der Waals surface area (Å²) in [6.45, 7) is 0.764. The Kier molecular flexibility index (Phi) is 4.21. The van der Waals surface area contributed by atoms with Crippen LogP contribution in [0.3, 0.4) is 0 Å². The number of nitrogens with one attached hydrogen (secondary N) is 1. The van der Waals surface area contributed by atoms with Crippen molar-refractivity contribution in [3.8, 4) is 0 Å². The molecule has 2 heterocycles. The number of hydrogen-bond acceptors (Lipinski definition) is 3. The van der Waals surface area contributed by atoms with Gasteiger partial charge in [0.25, 0.3) is 0 Å². The number of hydrogen-bond donors (Lipinski definition) is 1. The van der Waals surface area contributed by atoms with Gasteiger partial charge in [0.15, 0.2) is 10.9 Å². The molecule has 106 valence electrons. The lowest BCUT2D eigenvalue weighted by Crippen LogP contribution is -2.05. The fraction of sp³-hybridized carbons (Fsp3) is 0.125. The van der Waals surface area contributed by atoms with Gasteiger partial charge in [-0.3, -0.25) is 4.79 Å². The summed E-state index contributed by atoms with van der Waals surface area (Å²) in [7, 11) is 0. The van der Waals surface area contributed by atoms with E-state index in [0.29, 0.717) is 11.4 Å². The monoisotopic (exact) mass is 297 g/mol. The number of imidazole rings is 1. The van der Waals surface area contributed by atoms with E-state index in [4.69, 9.17) is 0 Å². The minimum absolute atomic E-state index is 0.0826. The van der Waals surface area contributed by atoms with Crippen LogP contribution < -0.4 is 0 Å². The summed E-state index contributed by atoms with van der Waals surface area (Å²) in [5.74, 6) is 0.464. The first-order chi connectivity index (χ1) is 10.3. The van der Waals surface area contributed by atoms with Crippen LogP contribution in [0.2, 0.25) is 0 Å². The van der Waals surface area contributed by atoms with E-state index < -0.39 is 0 Å². The van der Waals surface area contributed by atoms with E-state index in [1.54, 1.807) is 18.5 Å². The van der Waals surface area contributed by atoms with Crippen LogP contribution in [-0.4, -0.2) is 26.1 Å². The summed E-state index contributed by atoms with van der Waals surface area (Å²) in [4.78, 5) is 19.2. The Labute approximate surface area is 127 Å². The van der Waals surface area contributed by atoms with Gasteiger partial charge >= 0.3 is 0 Å². The Bertz CT molecular complexity index is 704. The summed E-state index contributed by atoms with van der Waals surface area (Å²) in [6.07, 6.45) is 5.47. The molecule has 0 aliphatic carbocycles. The summed E-state index contributed by atoms with van der Waals surface area (Å²) < 4.78 is 2.06. The standard InChI is InChI=1S/C16H15N3OS/c20-15(14-7-4-8-17-14)12-21-16-18-9-10-19(16)11-13-5-2-1-3-6-13/h1-10,17H,11-12H2. The highest BCUT2D eigenvalue weighted by atomic mass is 32.2. The first-order valence-corrected chi connectivity index (χ1v) is 7.66. The van der Waals surface area contributed by atoms with Crippen LogP contribution in [0.25, 0.3) is 0 Å². The highest BCUT2D eigenvalue weighted by Crippen LogP contribution is 2.18. The third-order valence-corrected chi connectivity index (χ3v) is 4.11. The minimum atomic E-state index is 0.0826. The van der Waals surface area contributed by atoms with E-state index in [1.807, 2.05) is 30.5 Å². The molecule has 0 aliphatic rings. The van der Waals surface area contributed by atoms with Crippen molar-refractivity contribution in [2.75, 3.05) is 5.75 Å². The average Bonchev–Trinajstić information content (AvgIpc) is 3.18. The molecule has 0 saturated carbocycles. The van der Waals surface area contributed by atoms with Gasteiger partial charge in [-0.2, -0.15) is 0 Å². The molecule has 5 heteroatoms. The van der Waals surface area contributed by atoms with Gasteiger partial charge in [-0.1, -0.05) is 42.1 Å². The summed E-state index contributed by atoms with van der Waals surface area (Å²) in [6, 6.07) is 13.8. The zero-order valence-corrected chi connectivity index (χ0v) is 12.2. The maximum absolute atomic E-state index is 12.0. The van der Waals surface area contributed by atoms with Gasteiger partial charge in [-0.25, -0.2) is 4.98 Å². The van der Waals surface area contributed by atoms with Crippen molar-refractivity contribution in [3.63, 3.8) is 0 Å². The van der Waals surface area contributed by atoms with Crippen LogP contribution >= 0.6 is 11.8 Å². The number of H-pyrrole nitrogens is 1.